The summed E-state index contributed by atoms with van der Waals surface area (Å²) in [6, 6.07) is 7.77. The molecule has 2 aromatic rings. The Kier molecular flexibility index (Phi) is 9.50. The molecule has 0 bridgehead atoms. The fraction of sp³-hybridized carbons (Fsp3) is 0.500. The van der Waals surface area contributed by atoms with Gasteiger partial charge in [0.2, 0.25) is 0 Å². The summed E-state index contributed by atoms with van der Waals surface area (Å²) in [7, 11) is 3.38. The van der Waals surface area contributed by atoms with Crippen LogP contribution in [-0.2, 0) is 24.3 Å². The monoisotopic (exact) mass is 527 g/mol. The van der Waals surface area contributed by atoms with Crippen molar-refractivity contribution in [3.63, 3.8) is 0 Å². The molecule has 3 N–H and O–H groups in total. The highest BCUT2D eigenvalue weighted by Crippen LogP contribution is 2.13. The number of aryl methyl sites for hydroxylation is 2. The highest BCUT2D eigenvalue weighted by molar-refractivity contribution is 14.0. The maximum atomic E-state index is 12.2. The second kappa shape index (κ2) is 11.8. The molecule has 0 aliphatic carbocycles. The largest absolute Gasteiger partial charge is 0.377 e. The average Bonchev–Trinajstić information content (AvgIpc) is 3.12. The quantitative estimate of drug-likeness (QED) is 0.217. The lowest BCUT2D eigenvalue weighted by atomic mass is 10.1. The highest BCUT2D eigenvalue weighted by atomic mass is 127. The number of hydrogen-bond acceptors (Lipinski definition) is 5. The Balaban J connectivity index is 0.00000320. The number of halogens is 1. The molecule has 0 saturated heterocycles. The van der Waals surface area contributed by atoms with E-state index in [1.165, 1.54) is 0 Å². The summed E-state index contributed by atoms with van der Waals surface area (Å²) in [5.41, 5.74) is 1.74. The van der Waals surface area contributed by atoms with Gasteiger partial charge in [-0.15, -0.1) is 24.0 Å². The van der Waals surface area contributed by atoms with Crippen LogP contribution in [0.2, 0.25) is 0 Å². The van der Waals surface area contributed by atoms with Crippen LogP contribution in [0.5, 0.6) is 0 Å². The Bertz CT molecular complexity index is 869. The number of carbonyl (C=O) groups excluding carboxylic acids is 1. The van der Waals surface area contributed by atoms with Crippen LogP contribution >= 0.6 is 24.0 Å². The van der Waals surface area contributed by atoms with Crippen LogP contribution in [0.4, 0.5) is 0 Å². The van der Waals surface area contributed by atoms with Crippen molar-refractivity contribution in [2.75, 3.05) is 27.2 Å². The summed E-state index contributed by atoms with van der Waals surface area (Å²) in [6.07, 6.45) is 1.81. The molecule has 10 heteroatoms. The molecule has 1 aliphatic rings. The number of rotatable bonds is 7. The van der Waals surface area contributed by atoms with Crippen LogP contribution in [0.1, 0.15) is 34.0 Å². The van der Waals surface area contributed by atoms with Crippen LogP contribution in [0.15, 0.2) is 29.3 Å². The zero-order valence-electron chi connectivity index (χ0n) is 17.6. The molecule has 0 spiro atoms. The minimum atomic E-state index is -0.0729. The van der Waals surface area contributed by atoms with E-state index in [1.807, 2.05) is 35.9 Å². The highest BCUT2D eigenvalue weighted by Gasteiger charge is 2.22. The minimum Gasteiger partial charge on any atom is -0.377 e. The van der Waals surface area contributed by atoms with Gasteiger partial charge in [-0.3, -0.25) is 9.79 Å². The maximum absolute atomic E-state index is 12.2. The van der Waals surface area contributed by atoms with E-state index in [-0.39, 0.29) is 35.9 Å². The van der Waals surface area contributed by atoms with Gasteiger partial charge in [-0.2, -0.15) is 5.10 Å². The van der Waals surface area contributed by atoms with Gasteiger partial charge < -0.3 is 20.7 Å². The smallest absolute Gasteiger partial charge is 0.251 e. The first-order chi connectivity index (χ1) is 14.1. The number of ether oxygens (including phenoxy) is 1. The van der Waals surface area contributed by atoms with Crippen molar-refractivity contribution in [2.24, 2.45) is 4.99 Å². The lowest BCUT2D eigenvalue weighted by Gasteiger charge is -2.25. The first kappa shape index (κ1) is 24.1. The number of benzene rings is 1. The van der Waals surface area contributed by atoms with Gasteiger partial charge in [0, 0.05) is 45.3 Å². The fourth-order valence-corrected chi connectivity index (χ4v) is 3.30. The third-order valence-electron chi connectivity index (χ3n) is 4.72. The number of methoxy groups -OCH3 is 1. The molecular weight excluding hydrogens is 497 g/mol. The van der Waals surface area contributed by atoms with Gasteiger partial charge in [0.25, 0.3) is 5.91 Å². The lowest BCUT2D eigenvalue weighted by Crippen LogP contribution is -2.48. The zero-order chi connectivity index (χ0) is 20.6. The molecule has 2 heterocycles. The van der Waals surface area contributed by atoms with Gasteiger partial charge in [0.1, 0.15) is 12.4 Å². The van der Waals surface area contributed by atoms with Crippen molar-refractivity contribution in [1.29, 1.82) is 0 Å². The minimum absolute atomic E-state index is 0. The predicted octanol–water partition coefficient (Wildman–Crippen LogP) is 1.26. The predicted molar refractivity (Wildman–Crippen MR) is 126 cm³/mol. The number of nitrogens with one attached hydrogen (secondary N) is 3. The molecule has 1 amide bonds. The molecule has 1 atom stereocenters. The van der Waals surface area contributed by atoms with E-state index in [2.05, 4.69) is 31.0 Å². The molecule has 9 nitrogen and oxygen atoms in total. The van der Waals surface area contributed by atoms with Gasteiger partial charge in [-0.05, 0) is 25.5 Å². The number of aromatic nitrogens is 3. The lowest BCUT2D eigenvalue weighted by molar-refractivity contribution is 0.0954. The Morgan fingerprint density at radius 3 is 2.87 bits per heavy atom. The SMILES string of the molecule is CN=C(NCCNC(=O)c1cccc(C)c1)NC1CCc2nc(COC)nn2C1.I. The van der Waals surface area contributed by atoms with E-state index in [0.717, 1.165) is 36.6 Å². The Morgan fingerprint density at radius 2 is 2.13 bits per heavy atom. The molecule has 1 unspecified atom stereocenters. The summed E-state index contributed by atoms with van der Waals surface area (Å²) < 4.78 is 7.04. The van der Waals surface area contributed by atoms with E-state index in [0.29, 0.717) is 31.2 Å². The molecule has 30 heavy (non-hydrogen) atoms. The van der Waals surface area contributed by atoms with Crippen molar-refractivity contribution in [2.45, 2.75) is 39.0 Å². The Hall–Kier alpha value is -2.21. The van der Waals surface area contributed by atoms with Crippen molar-refractivity contribution in [1.82, 2.24) is 30.7 Å². The van der Waals surface area contributed by atoms with Gasteiger partial charge >= 0.3 is 0 Å². The first-order valence-electron chi connectivity index (χ1n) is 9.82. The summed E-state index contributed by atoms with van der Waals surface area (Å²) in [5.74, 6) is 2.35. The third-order valence-corrected chi connectivity index (χ3v) is 4.72. The van der Waals surface area contributed by atoms with Gasteiger partial charge in [0.05, 0.1) is 6.54 Å². The second-order valence-corrected chi connectivity index (χ2v) is 7.06. The third kappa shape index (κ3) is 6.66. The van der Waals surface area contributed by atoms with Gasteiger partial charge in [-0.1, -0.05) is 17.7 Å². The van der Waals surface area contributed by atoms with Crippen LogP contribution < -0.4 is 16.0 Å². The molecule has 0 saturated carbocycles. The van der Waals surface area contributed by atoms with Crippen LogP contribution in [0.25, 0.3) is 0 Å². The summed E-state index contributed by atoms with van der Waals surface area (Å²) in [5, 5.41) is 14.1. The van der Waals surface area contributed by atoms with E-state index < -0.39 is 0 Å². The summed E-state index contributed by atoms with van der Waals surface area (Å²) in [6.45, 7) is 4.22. The van der Waals surface area contributed by atoms with Crippen molar-refractivity contribution >= 4 is 35.8 Å². The number of hydrogen-bond donors (Lipinski definition) is 3. The van der Waals surface area contributed by atoms with Crippen LogP contribution in [0, 0.1) is 6.92 Å². The average molecular weight is 527 g/mol. The van der Waals surface area contributed by atoms with Gasteiger partial charge in [0.15, 0.2) is 11.8 Å². The van der Waals surface area contributed by atoms with Crippen LogP contribution in [0.3, 0.4) is 0 Å². The van der Waals surface area contributed by atoms with Crippen LogP contribution in [-0.4, -0.2) is 59.9 Å². The molecule has 0 fully saturated rings. The molecule has 1 aromatic carbocycles. The van der Waals surface area contributed by atoms with E-state index in [1.54, 1.807) is 14.2 Å². The molecular formula is C20H30IN7O2. The fourth-order valence-electron chi connectivity index (χ4n) is 3.30. The zero-order valence-corrected chi connectivity index (χ0v) is 20.0. The summed E-state index contributed by atoms with van der Waals surface area (Å²) in [4.78, 5) is 21.0. The van der Waals surface area contributed by atoms with E-state index >= 15 is 0 Å². The number of carbonyl (C=O) groups is 1. The standard InChI is InChI=1S/C20H29N7O2.HI/c1-14-5-4-6-15(11-14)19(28)22-9-10-23-20(21-2)24-16-7-8-18-25-17(13-29-3)26-27(18)12-16;/h4-6,11,16H,7-10,12-13H2,1-3H3,(H,22,28)(H2,21,23,24);1H. The second-order valence-electron chi connectivity index (χ2n) is 7.06. The molecule has 164 valence electrons. The van der Waals surface area contributed by atoms with E-state index in [4.69, 9.17) is 4.74 Å². The number of nitrogens with zero attached hydrogens (tertiary/aromatic N) is 4. The first-order valence-corrected chi connectivity index (χ1v) is 9.82. The topological polar surface area (TPSA) is 105 Å². The van der Waals surface area contributed by atoms with E-state index in [9.17, 15) is 4.79 Å². The number of fused-ring (bicyclic) bond motifs is 1. The van der Waals surface area contributed by atoms with Crippen molar-refractivity contribution in [3.05, 3.63) is 47.0 Å². The molecule has 1 aliphatic heterocycles. The van der Waals surface area contributed by atoms with Crippen molar-refractivity contribution in [3.8, 4) is 0 Å². The number of amides is 1. The summed E-state index contributed by atoms with van der Waals surface area (Å²) >= 11 is 0. The van der Waals surface area contributed by atoms with Crippen molar-refractivity contribution < 1.29 is 9.53 Å². The maximum Gasteiger partial charge on any atom is 0.251 e. The molecule has 0 radical (unpaired) electrons. The van der Waals surface area contributed by atoms with Gasteiger partial charge in [-0.25, -0.2) is 9.67 Å². The molecule has 1 aromatic heterocycles. The molecule has 3 rings (SSSR count). The Labute approximate surface area is 194 Å². The Morgan fingerprint density at radius 1 is 1.33 bits per heavy atom. The normalized spacial score (nSPS) is 15.7. The number of aliphatic imine (C=N–C) groups is 1. The number of guanidine groups is 1.